The second-order valence-corrected chi connectivity index (χ2v) is 10.4. The lowest BCUT2D eigenvalue weighted by Gasteiger charge is -2.05. The monoisotopic (exact) mass is 275 g/mol. The van der Waals surface area contributed by atoms with E-state index in [9.17, 15) is 0 Å². The molecule has 20 heavy (non-hydrogen) atoms. The van der Waals surface area contributed by atoms with E-state index >= 15 is 0 Å². The molecule has 1 aromatic carbocycles. The van der Waals surface area contributed by atoms with E-state index in [1.807, 2.05) is 42.6 Å². The first-order chi connectivity index (χ1) is 9.49. The van der Waals surface area contributed by atoms with Gasteiger partial charge in [0.1, 0.15) is 13.8 Å². The van der Waals surface area contributed by atoms with Crippen LogP contribution in [-0.2, 0) is 0 Å². The zero-order chi connectivity index (χ0) is 14.6. The highest BCUT2D eigenvalue weighted by atomic mass is 28.3. The maximum absolute atomic E-state index is 5.53. The molecule has 98 valence electrons. The van der Waals surface area contributed by atoms with Crippen LogP contribution in [0.5, 0.6) is 0 Å². The Morgan fingerprint density at radius 1 is 1.05 bits per heavy atom. The lowest BCUT2D eigenvalue weighted by molar-refractivity contribution is 1.29. The number of nitrogens with zero attached hydrogens (tertiary/aromatic N) is 1. The molecule has 0 unspecified atom stereocenters. The van der Waals surface area contributed by atoms with E-state index in [0.717, 1.165) is 22.4 Å². The van der Waals surface area contributed by atoms with Crippen molar-refractivity contribution in [3.05, 3.63) is 53.9 Å². The van der Waals surface area contributed by atoms with Crippen LogP contribution in [0.1, 0.15) is 11.3 Å². The largest absolute Gasteiger partial charge is 0.247 e. The van der Waals surface area contributed by atoms with Crippen LogP contribution < -0.4 is 0 Å². The summed E-state index contributed by atoms with van der Waals surface area (Å²) in [4.78, 5) is 4.41. The summed E-state index contributed by atoms with van der Waals surface area (Å²) < 4.78 is 0. The Morgan fingerprint density at radius 3 is 2.40 bits per heavy atom. The Kier molecular flexibility index (Phi) is 4.08. The second kappa shape index (κ2) is 5.78. The first kappa shape index (κ1) is 14.1. The van der Waals surface area contributed by atoms with Crippen molar-refractivity contribution in [1.82, 2.24) is 4.98 Å². The van der Waals surface area contributed by atoms with Crippen molar-refractivity contribution >= 4 is 8.07 Å². The Balaban J connectivity index is 2.33. The van der Waals surface area contributed by atoms with Crippen LogP contribution in [0.25, 0.3) is 11.1 Å². The van der Waals surface area contributed by atoms with E-state index in [0.29, 0.717) is 0 Å². The molecule has 1 nitrogen and oxygen atoms in total. The summed E-state index contributed by atoms with van der Waals surface area (Å²) in [5.41, 5.74) is 7.07. The van der Waals surface area contributed by atoms with Gasteiger partial charge in [0, 0.05) is 17.3 Å². The number of pyridine rings is 1. The maximum Gasteiger partial charge on any atom is 0.129 e. The van der Waals surface area contributed by atoms with Crippen LogP contribution in [0, 0.1) is 23.8 Å². The Hall–Kier alpha value is -2.29. The molecule has 0 saturated heterocycles. The summed E-state index contributed by atoms with van der Waals surface area (Å²) in [6.07, 6.45) is 7.36. The van der Waals surface area contributed by atoms with Crippen LogP contribution in [0.4, 0.5) is 0 Å². The summed E-state index contributed by atoms with van der Waals surface area (Å²) in [6.45, 7) is 6.66. The predicted octanol–water partition coefficient (Wildman–Crippen LogP) is 3.96. The fourth-order valence-electron chi connectivity index (χ4n) is 1.74. The van der Waals surface area contributed by atoms with Crippen molar-refractivity contribution in [2.45, 2.75) is 19.6 Å². The maximum atomic E-state index is 5.53. The van der Waals surface area contributed by atoms with Gasteiger partial charge >= 0.3 is 0 Å². The van der Waals surface area contributed by atoms with Crippen molar-refractivity contribution in [3.8, 4) is 34.9 Å². The van der Waals surface area contributed by atoms with E-state index in [-0.39, 0.29) is 0 Å². The highest BCUT2D eigenvalue weighted by molar-refractivity contribution is 6.83. The highest BCUT2D eigenvalue weighted by Crippen LogP contribution is 2.22. The first-order valence-electron chi connectivity index (χ1n) is 6.55. The highest BCUT2D eigenvalue weighted by Gasteiger charge is 2.08. The van der Waals surface area contributed by atoms with Gasteiger partial charge in [0.2, 0.25) is 0 Å². The minimum Gasteiger partial charge on any atom is -0.247 e. The fourth-order valence-corrected chi connectivity index (χ4v) is 2.24. The summed E-state index contributed by atoms with van der Waals surface area (Å²) in [6, 6.07) is 11.9. The normalized spacial score (nSPS) is 10.3. The van der Waals surface area contributed by atoms with Crippen LogP contribution in [0.3, 0.4) is 0 Å². The quantitative estimate of drug-likeness (QED) is 0.567. The van der Waals surface area contributed by atoms with Gasteiger partial charge in [0.25, 0.3) is 0 Å². The third-order valence-corrected chi connectivity index (χ3v) is 3.60. The van der Waals surface area contributed by atoms with Gasteiger partial charge in [-0.05, 0) is 23.8 Å². The van der Waals surface area contributed by atoms with Crippen molar-refractivity contribution < 1.29 is 0 Å². The molecule has 0 bridgehead atoms. The van der Waals surface area contributed by atoms with Gasteiger partial charge in [-0.25, -0.2) is 4.98 Å². The molecule has 0 aliphatic carbocycles. The van der Waals surface area contributed by atoms with Crippen LogP contribution in [-0.4, -0.2) is 13.1 Å². The molecule has 0 radical (unpaired) electrons. The Morgan fingerprint density at radius 2 is 1.80 bits per heavy atom. The number of hydrogen-bond acceptors (Lipinski definition) is 1. The molecule has 0 saturated carbocycles. The predicted molar refractivity (Wildman–Crippen MR) is 87.8 cm³/mol. The van der Waals surface area contributed by atoms with Gasteiger partial charge < -0.3 is 0 Å². The molecule has 2 rings (SSSR count). The molecule has 0 fully saturated rings. The summed E-state index contributed by atoms with van der Waals surface area (Å²) >= 11 is 0. The van der Waals surface area contributed by atoms with Gasteiger partial charge in [-0.15, -0.1) is 12.0 Å². The van der Waals surface area contributed by atoms with E-state index in [2.05, 4.69) is 42.0 Å². The topological polar surface area (TPSA) is 12.9 Å². The fraction of sp³-hybridized carbons (Fsp3) is 0.167. The molecular formula is C18H17NSi. The molecule has 0 atom stereocenters. The van der Waals surface area contributed by atoms with E-state index in [1.54, 1.807) is 0 Å². The van der Waals surface area contributed by atoms with E-state index < -0.39 is 8.07 Å². The number of aromatic nitrogens is 1. The minimum absolute atomic E-state index is 0.814. The summed E-state index contributed by atoms with van der Waals surface area (Å²) in [7, 11) is -1.36. The van der Waals surface area contributed by atoms with Crippen LogP contribution >= 0.6 is 0 Å². The SMILES string of the molecule is C#Cc1ccccc1-c1ccc(C#C[Si](C)(C)C)nc1. The standard InChI is InChI=1S/C18H17NSi/c1-5-15-8-6-7-9-18(15)16-10-11-17(19-14-16)12-13-20(2,3)4/h1,6-11,14H,2-4H3. The molecule has 0 N–H and O–H groups in total. The first-order valence-corrected chi connectivity index (χ1v) is 10.0. The zero-order valence-electron chi connectivity index (χ0n) is 12.1. The number of hydrogen-bond donors (Lipinski definition) is 0. The van der Waals surface area contributed by atoms with Gasteiger partial charge in [-0.2, -0.15) is 0 Å². The molecule has 2 aromatic rings. The minimum atomic E-state index is -1.36. The average Bonchev–Trinajstić information content (AvgIpc) is 2.45. The third-order valence-electron chi connectivity index (χ3n) is 2.72. The summed E-state index contributed by atoms with van der Waals surface area (Å²) in [5, 5.41) is 0. The molecular weight excluding hydrogens is 258 g/mol. The molecule has 0 spiro atoms. The summed E-state index contributed by atoms with van der Waals surface area (Å²) in [5.74, 6) is 5.86. The van der Waals surface area contributed by atoms with Crippen LogP contribution in [0.2, 0.25) is 19.6 Å². The van der Waals surface area contributed by atoms with Crippen molar-refractivity contribution in [2.24, 2.45) is 0 Å². The van der Waals surface area contributed by atoms with E-state index in [1.165, 1.54) is 0 Å². The molecule has 2 heteroatoms. The lowest BCUT2D eigenvalue weighted by Crippen LogP contribution is -2.16. The number of benzene rings is 1. The Labute approximate surface area is 122 Å². The smallest absolute Gasteiger partial charge is 0.129 e. The molecule has 1 aromatic heterocycles. The Bertz CT molecular complexity index is 704. The van der Waals surface area contributed by atoms with Gasteiger partial charge in [0.05, 0.1) is 0 Å². The second-order valence-electron chi connectivity index (χ2n) is 5.62. The number of terminal acetylenes is 1. The average molecular weight is 275 g/mol. The van der Waals surface area contributed by atoms with E-state index in [4.69, 9.17) is 6.42 Å². The third kappa shape index (κ3) is 3.60. The molecule has 0 amide bonds. The van der Waals surface area contributed by atoms with Crippen LogP contribution in [0.15, 0.2) is 42.6 Å². The zero-order valence-corrected chi connectivity index (χ0v) is 13.1. The molecule has 0 aliphatic heterocycles. The lowest BCUT2D eigenvalue weighted by atomic mass is 10.0. The number of rotatable bonds is 1. The van der Waals surface area contributed by atoms with Gasteiger partial charge in [0.15, 0.2) is 0 Å². The molecule has 0 aliphatic rings. The molecule has 1 heterocycles. The van der Waals surface area contributed by atoms with Crippen molar-refractivity contribution in [1.29, 1.82) is 0 Å². The van der Waals surface area contributed by atoms with Gasteiger partial charge in [-0.3, -0.25) is 0 Å². The van der Waals surface area contributed by atoms with Crippen molar-refractivity contribution in [3.63, 3.8) is 0 Å². The van der Waals surface area contributed by atoms with Gasteiger partial charge in [-0.1, -0.05) is 49.7 Å². The van der Waals surface area contributed by atoms with Crippen molar-refractivity contribution in [2.75, 3.05) is 0 Å².